The second-order valence-corrected chi connectivity index (χ2v) is 8.16. The lowest BCUT2D eigenvalue weighted by molar-refractivity contribution is 0.0730. The van der Waals surface area contributed by atoms with Gasteiger partial charge in [-0.3, -0.25) is 4.79 Å². The number of hydrogen-bond acceptors (Lipinski definition) is 6. The van der Waals surface area contributed by atoms with Crippen LogP contribution in [0.3, 0.4) is 0 Å². The number of rotatable bonds is 7. The Bertz CT molecular complexity index is 1450. The van der Waals surface area contributed by atoms with E-state index < -0.39 is 0 Å². The van der Waals surface area contributed by atoms with Crippen LogP contribution in [-0.2, 0) is 6.54 Å². The molecular weight excluding hydrogens is 452 g/mol. The first-order valence-electron chi connectivity index (χ1n) is 10.9. The van der Waals surface area contributed by atoms with Crippen LogP contribution >= 0.6 is 11.6 Å². The Morgan fingerprint density at radius 2 is 1.85 bits per heavy atom. The van der Waals surface area contributed by atoms with Crippen molar-refractivity contribution in [2.45, 2.75) is 19.9 Å². The maximum atomic E-state index is 13.8. The number of carbonyl (C=O) groups is 1. The number of aromatic nitrogens is 3. The van der Waals surface area contributed by atoms with E-state index in [0.717, 1.165) is 17.3 Å². The van der Waals surface area contributed by atoms with Gasteiger partial charge >= 0.3 is 0 Å². The second kappa shape index (κ2) is 9.49. The highest BCUT2D eigenvalue weighted by Gasteiger charge is 2.23. The number of fused-ring (bicyclic) bond motifs is 1. The average Bonchev–Trinajstić information content (AvgIpc) is 3.56. The molecule has 0 bridgehead atoms. The molecule has 0 aliphatic heterocycles. The molecule has 5 rings (SSSR count). The predicted octanol–water partition coefficient (Wildman–Crippen LogP) is 6.25. The SMILES string of the molecule is CCCN(Cc1nnc(-c2ccccc2Cl)o1)C(=O)c1cc(-c2ccco2)nc2ccccc12. The molecule has 0 saturated heterocycles. The van der Waals surface area contributed by atoms with Gasteiger partial charge in [-0.05, 0) is 42.8 Å². The molecular formula is C26H21ClN4O3. The van der Waals surface area contributed by atoms with Crippen LogP contribution in [0.15, 0.2) is 81.8 Å². The van der Waals surface area contributed by atoms with Crippen molar-refractivity contribution in [2.75, 3.05) is 6.54 Å². The number of pyridine rings is 1. The Morgan fingerprint density at radius 1 is 1.03 bits per heavy atom. The van der Waals surface area contributed by atoms with Crippen molar-refractivity contribution in [1.29, 1.82) is 0 Å². The van der Waals surface area contributed by atoms with Crippen LogP contribution in [0.5, 0.6) is 0 Å². The molecule has 0 unspecified atom stereocenters. The summed E-state index contributed by atoms with van der Waals surface area (Å²) >= 11 is 6.26. The molecule has 0 aliphatic carbocycles. The molecule has 0 fully saturated rings. The van der Waals surface area contributed by atoms with E-state index in [1.807, 2.05) is 55.5 Å². The normalized spacial score (nSPS) is 11.1. The number of furan rings is 1. The van der Waals surface area contributed by atoms with Gasteiger partial charge < -0.3 is 13.7 Å². The van der Waals surface area contributed by atoms with Gasteiger partial charge in [0.15, 0.2) is 5.76 Å². The van der Waals surface area contributed by atoms with E-state index in [9.17, 15) is 4.79 Å². The maximum absolute atomic E-state index is 13.8. The molecule has 0 saturated carbocycles. The molecule has 170 valence electrons. The van der Waals surface area contributed by atoms with E-state index in [2.05, 4.69) is 15.2 Å². The summed E-state index contributed by atoms with van der Waals surface area (Å²) in [5.74, 6) is 1.11. The van der Waals surface area contributed by atoms with Gasteiger partial charge in [0.2, 0.25) is 11.8 Å². The smallest absolute Gasteiger partial charge is 0.255 e. The fraction of sp³-hybridized carbons (Fsp3) is 0.154. The topological polar surface area (TPSA) is 85.3 Å². The van der Waals surface area contributed by atoms with Crippen molar-refractivity contribution in [1.82, 2.24) is 20.1 Å². The minimum absolute atomic E-state index is 0.147. The number of amides is 1. The molecule has 8 heteroatoms. The molecule has 0 N–H and O–H groups in total. The van der Waals surface area contributed by atoms with E-state index in [0.29, 0.717) is 45.9 Å². The quantitative estimate of drug-likeness (QED) is 0.278. The Labute approximate surface area is 201 Å². The van der Waals surface area contributed by atoms with Crippen LogP contribution in [0.1, 0.15) is 29.6 Å². The number of nitrogens with zero attached hydrogens (tertiary/aromatic N) is 4. The van der Waals surface area contributed by atoms with Crippen LogP contribution in [0.25, 0.3) is 33.8 Å². The van der Waals surface area contributed by atoms with Crippen molar-refractivity contribution >= 4 is 28.4 Å². The van der Waals surface area contributed by atoms with Crippen molar-refractivity contribution in [2.24, 2.45) is 0 Å². The Kier molecular flexibility index (Phi) is 6.10. The summed E-state index contributed by atoms with van der Waals surface area (Å²) in [5, 5.41) is 9.58. The zero-order valence-corrected chi connectivity index (χ0v) is 19.2. The van der Waals surface area contributed by atoms with Crippen molar-refractivity contribution in [3.05, 3.63) is 89.5 Å². The summed E-state index contributed by atoms with van der Waals surface area (Å²) in [7, 11) is 0. The molecule has 0 atom stereocenters. The van der Waals surface area contributed by atoms with Gasteiger partial charge in [0.25, 0.3) is 5.91 Å². The molecule has 34 heavy (non-hydrogen) atoms. The molecule has 0 spiro atoms. The van der Waals surface area contributed by atoms with Crippen LogP contribution < -0.4 is 0 Å². The lowest BCUT2D eigenvalue weighted by atomic mass is 10.1. The Morgan fingerprint density at radius 3 is 2.65 bits per heavy atom. The maximum Gasteiger partial charge on any atom is 0.255 e. The van der Waals surface area contributed by atoms with E-state index in [1.165, 1.54) is 0 Å². The van der Waals surface area contributed by atoms with E-state index in [4.69, 9.17) is 20.4 Å². The Balaban J connectivity index is 1.49. The van der Waals surface area contributed by atoms with Gasteiger partial charge in [-0.15, -0.1) is 10.2 Å². The van der Waals surface area contributed by atoms with Crippen LogP contribution in [0, 0.1) is 0 Å². The number of para-hydroxylation sites is 1. The minimum atomic E-state index is -0.147. The van der Waals surface area contributed by atoms with Crippen molar-refractivity contribution in [3.63, 3.8) is 0 Å². The minimum Gasteiger partial charge on any atom is -0.463 e. The van der Waals surface area contributed by atoms with E-state index in [-0.39, 0.29) is 12.5 Å². The third-order valence-corrected chi connectivity index (χ3v) is 5.73. The third kappa shape index (κ3) is 4.30. The number of carbonyl (C=O) groups excluding carboxylic acids is 1. The molecule has 0 radical (unpaired) electrons. The fourth-order valence-corrected chi connectivity index (χ4v) is 4.04. The summed E-state index contributed by atoms with van der Waals surface area (Å²) in [6, 6.07) is 20.2. The summed E-state index contributed by atoms with van der Waals surface area (Å²) in [6.07, 6.45) is 2.36. The lowest BCUT2D eigenvalue weighted by Gasteiger charge is -2.21. The molecule has 7 nitrogen and oxygen atoms in total. The zero-order valence-electron chi connectivity index (χ0n) is 18.4. The molecule has 3 aromatic heterocycles. The highest BCUT2D eigenvalue weighted by molar-refractivity contribution is 6.33. The summed E-state index contributed by atoms with van der Waals surface area (Å²) in [4.78, 5) is 20.1. The van der Waals surface area contributed by atoms with E-state index >= 15 is 0 Å². The highest BCUT2D eigenvalue weighted by atomic mass is 35.5. The van der Waals surface area contributed by atoms with Gasteiger partial charge in [-0.25, -0.2) is 4.98 Å². The van der Waals surface area contributed by atoms with Gasteiger partial charge in [-0.1, -0.05) is 48.9 Å². The van der Waals surface area contributed by atoms with E-state index in [1.54, 1.807) is 29.4 Å². The first kappa shape index (κ1) is 21.9. The third-order valence-electron chi connectivity index (χ3n) is 5.40. The largest absolute Gasteiger partial charge is 0.463 e. The zero-order chi connectivity index (χ0) is 23.5. The summed E-state index contributed by atoms with van der Waals surface area (Å²) < 4.78 is 11.4. The van der Waals surface area contributed by atoms with Gasteiger partial charge in [0.1, 0.15) is 5.69 Å². The summed E-state index contributed by atoms with van der Waals surface area (Å²) in [6.45, 7) is 2.72. The number of hydrogen-bond donors (Lipinski definition) is 0. The molecule has 0 aliphatic rings. The molecule has 3 heterocycles. The fourth-order valence-electron chi connectivity index (χ4n) is 3.82. The standard InChI is InChI=1S/C26H21ClN4O3/c1-2-13-31(16-24-29-30-25(34-24)18-9-3-5-10-20(18)27)26(32)19-15-22(23-12-7-14-33-23)28-21-11-6-4-8-17(19)21/h3-12,14-15H,2,13,16H2,1H3. The molecule has 2 aromatic carbocycles. The van der Waals surface area contributed by atoms with Gasteiger partial charge in [0, 0.05) is 11.9 Å². The Hall–Kier alpha value is -3.97. The molecule has 1 amide bonds. The van der Waals surface area contributed by atoms with Crippen LogP contribution in [-0.4, -0.2) is 32.5 Å². The first-order chi connectivity index (χ1) is 16.6. The average molecular weight is 473 g/mol. The number of halogens is 1. The molecule has 5 aromatic rings. The first-order valence-corrected chi connectivity index (χ1v) is 11.3. The van der Waals surface area contributed by atoms with Crippen LogP contribution in [0.2, 0.25) is 5.02 Å². The van der Waals surface area contributed by atoms with Gasteiger partial charge in [0.05, 0.1) is 34.5 Å². The van der Waals surface area contributed by atoms with Crippen LogP contribution in [0.4, 0.5) is 0 Å². The van der Waals surface area contributed by atoms with Crippen molar-refractivity contribution < 1.29 is 13.6 Å². The predicted molar refractivity (Wildman–Crippen MR) is 129 cm³/mol. The lowest BCUT2D eigenvalue weighted by Crippen LogP contribution is -2.31. The monoisotopic (exact) mass is 472 g/mol. The second-order valence-electron chi connectivity index (χ2n) is 7.76. The van der Waals surface area contributed by atoms with Gasteiger partial charge in [-0.2, -0.15) is 0 Å². The highest BCUT2D eigenvalue weighted by Crippen LogP contribution is 2.28. The number of benzene rings is 2. The summed E-state index contributed by atoms with van der Waals surface area (Å²) in [5.41, 5.74) is 2.51. The van der Waals surface area contributed by atoms with Crippen molar-refractivity contribution in [3.8, 4) is 22.9 Å².